The highest BCUT2D eigenvalue weighted by atomic mass is 32.2. The number of hydrogen-bond donors (Lipinski definition) is 0. The van der Waals surface area contributed by atoms with E-state index in [-0.39, 0.29) is 48.5 Å². The molecule has 2 fully saturated rings. The third-order valence-electron chi connectivity index (χ3n) is 7.31. The second-order valence-corrected chi connectivity index (χ2v) is 14.3. The number of rotatable bonds is 7. The van der Waals surface area contributed by atoms with Crippen LogP contribution in [0.25, 0.3) is 23.0 Å². The first-order valence-electron chi connectivity index (χ1n) is 14.0. The molecule has 2 aliphatic rings. The maximum Gasteiger partial charge on any atom is 0.266 e. The molecule has 3 heterocycles. The van der Waals surface area contributed by atoms with Gasteiger partial charge in [-0.15, -0.1) is 0 Å². The third kappa shape index (κ3) is 6.26. The Kier molecular flexibility index (Phi) is 8.53. The van der Waals surface area contributed by atoms with Crippen LogP contribution in [0.15, 0.2) is 94.9 Å². The zero-order chi connectivity index (χ0) is 31.0. The van der Waals surface area contributed by atoms with Crippen LogP contribution in [0.4, 0.5) is 4.39 Å². The topological polar surface area (TPSA) is 84.7 Å². The number of aromatic nitrogens is 2. The van der Waals surface area contributed by atoms with Crippen LogP contribution in [0.5, 0.6) is 0 Å². The summed E-state index contributed by atoms with van der Waals surface area (Å²) >= 11 is 6.71. The van der Waals surface area contributed by atoms with Crippen LogP contribution in [0.2, 0.25) is 0 Å². The second kappa shape index (κ2) is 12.4. The number of hydrogen-bond acceptors (Lipinski definition) is 7. The number of halogens is 1. The summed E-state index contributed by atoms with van der Waals surface area (Å²) in [4.78, 5) is 15.5. The van der Waals surface area contributed by atoms with Crippen LogP contribution >= 0.6 is 24.0 Å². The summed E-state index contributed by atoms with van der Waals surface area (Å²) in [6.45, 7) is 4.48. The van der Waals surface area contributed by atoms with Crippen LogP contribution in [0.3, 0.4) is 0 Å². The summed E-state index contributed by atoms with van der Waals surface area (Å²) in [5.74, 6) is -0.623. The van der Waals surface area contributed by atoms with Gasteiger partial charge < -0.3 is 4.74 Å². The van der Waals surface area contributed by atoms with Gasteiger partial charge >= 0.3 is 0 Å². The molecule has 2 saturated heterocycles. The minimum atomic E-state index is -3.80. The standard InChI is InChI=1S/C32H29FN4O4S3/c1-21-17-35(18-22(2)41-21)44(39,40)28-10-6-7-24(15-28)30-25(20-37(34-30)27-8-4-3-5-9-27)16-29-31(38)36(32(42)43-29)19-23-11-13-26(33)14-12-23/h3-16,20-22H,17-19H2,1-2H3. The predicted octanol–water partition coefficient (Wildman–Crippen LogP) is 5.88. The molecule has 0 bridgehead atoms. The van der Waals surface area contributed by atoms with Gasteiger partial charge in [-0.3, -0.25) is 9.69 Å². The van der Waals surface area contributed by atoms with Crippen molar-refractivity contribution in [2.24, 2.45) is 0 Å². The number of morpholine rings is 1. The lowest BCUT2D eigenvalue weighted by Gasteiger charge is -2.34. The number of thiocarbonyl (C=S) groups is 1. The van der Waals surface area contributed by atoms with Crippen molar-refractivity contribution in [3.63, 3.8) is 0 Å². The molecule has 12 heteroatoms. The molecule has 226 valence electrons. The summed E-state index contributed by atoms with van der Waals surface area (Å²) in [5, 5.41) is 4.83. The van der Waals surface area contributed by atoms with Crippen molar-refractivity contribution in [3.8, 4) is 16.9 Å². The van der Waals surface area contributed by atoms with E-state index in [4.69, 9.17) is 22.1 Å². The van der Waals surface area contributed by atoms with Gasteiger partial charge in [0.05, 0.1) is 34.2 Å². The average molecular weight is 649 g/mol. The van der Waals surface area contributed by atoms with Crippen molar-refractivity contribution < 1.29 is 22.3 Å². The molecule has 0 spiro atoms. The van der Waals surface area contributed by atoms with Gasteiger partial charge in [-0.1, -0.05) is 66.4 Å². The number of sulfonamides is 1. The maximum atomic E-state index is 13.7. The molecule has 0 aliphatic carbocycles. The van der Waals surface area contributed by atoms with Crippen molar-refractivity contribution in [2.45, 2.75) is 37.5 Å². The quantitative estimate of drug-likeness (QED) is 0.183. The second-order valence-electron chi connectivity index (χ2n) is 10.7. The highest BCUT2D eigenvalue weighted by molar-refractivity contribution is 8.26. The number of amides is 1. The zero-order valence-electron chi connectivity index (χ0n) is 24.0. The number of nitrogens with zero attached hydrogens (tertiary/aromatic N) is 4. The summed E-state index contributed by atoms with van der Waals surface area (Å²) < 4.78 is 50.1. The summed E-state index contributed by atoms with van der Waals surface area (Å²) in [6.07, 6.45) is 3.11. The molecular formula is C32H29FN4O4S3. The molecule has 1 aromatic heterocycles. The molecule has 3 aromatic carbocycles. The average Bonchev–Trinajstić information content (AvgIpc) is 3.54. The maximum absolute atomic E-state index is 13.7. The Morgan fingerprint density at radius 3 is 2.43 bits per heavy atom. The molecule has 4 aromatic rings. The van der Waals surface area contributed by atoms with E-state index in [2.05, 4.69) is 0 Å². The lowest BCUT2D eigenvalue weighted by Crippen LogP contribution is -2.48. The minimum Gasteiger partial charge on any atom is -0.373 e. The molecule has 0 radical (unpaired) electrons. The zero-order valence-corrected chi connectivity index (χ0v) is 26.4. The van der Waals surface area contributed by atoms with Crippen molar-refractivity contribution in [1.82, 2.24) is 19.0 Å². The van der Waals surface area contributed by atoms with Gasteiger partial charge in [-0.05, 0) is 61.9 Å². The van der Waals surface area contributed by atoms with Gasteiger partial charge in [-0.2, -0.15) is 9.40 Å². The Bertz CT molecular complexity index is 1850. The van der Waals surface area contributed by atoms with E-state index >= 15 is 0 Å². The Labute approximate surface area is 265 Å². The van der Waals surface area contributed by atoms with Crippen LogP contribution in [-0.2, 0) is 26.1 Å². The fourth-order valence-electron chi connectivity index (χ4n) is 5.26. The molecule has 0 N–H and O–H groups in total. The van der Waals surface area contributed by atoms with Crippen molar-refractivity contribution in [2.75, 3.05) is 13.1 Å². The van der Waals surface area contributed by atoms with E-state index in [0.717, 1.165) is 11.3 Å². The number of para-hydroxylation sites is 1. The van der Waals surface area contributed by atoms with Gasteiger partial charge in [0.2, 0.25) is 10.0 Å². The highest BCUT2D eigenvalue weighted by Gasteiger charge is 2.34. The first-order valence-corrected chi connectivity index (χ1v) is 16.7. The molecule has 8 nitrogen and oxygen atoms in total. The smallest absolute Gasteiger partial charge is 0.266 e. The molecule has 1 amide bonds. The van der Waals surface area contributed by atoms with E-state index in [1.807, 2.05) is 50.4 Å². The molecule has 44 heavy (non-hydrogen) atoms. The van der Waals surface area contributed by atoms with Gasteiger partial charge in [0.25, 0.3) is 5.91 Å². The summed E-state index contributed by atoms with van der Waals surface area (Å²) in [7, 11) is -3.80. The number of ether oxygens (including phenoxy) is 1. The van der Waals surface area contributed by atoms with Crippen molar-refractivity contribution >= 4 is 50.3 Å². The lowest BCUT2D eigenvalue weighted by molar-refractivity contribution is -0.122. The molecule has 2 unspecified atom stereocenters. The summed E-state index contributed by atoms with van der Waals surface area (Å²) in [6, 6.07) is 22.2. The van der Waals surface area contributed by atoms with E-state index < -0.39 is 10.0 Å². The molecule has 6 rings (SSSR count). The molecule has 0 saturated carbocycles. The van der Waals surface area contributed by atoms with Gasteiger partial charge in [-0.25, -0.2) is 17.5 Å². The molecular weight excluding hydrogens is 620 g/mol. The van der Waals surface area contributed by atoms with Crippen LogP contribution in [0.1, 0.15) is 25.0 Å². The van der Waals surface area contributed by atoms with E-state index in [0.29, 0.717) is 26.0 Å². The Hall–Kier alpha value is -3.68. The Morgan fingerprint density at radius 2 is 1.73 bits per heavy atom. The van der Waals surface area contributed by atoms with Crippen LogP contribution in [0, 0.1) is 5.82 Å². The molecule has 2 atom stereocenters. The Balaban J connectivity index is 1.37. The van der Waals surface area contributed by atoms with Crippen LogP contribution in [-0.4, -0.2) is 62.9 Å². The largest absolute Gasteiger partial charge is 0.373 e. The van der Waals surface area contributed by atoms with Crippen molar-refractivity contribution in [3.05, 3.63) is 107 Å². The third-order valence-corrected chi connectivity index (χ3v) is 10.5. The van der Waals surface area contributed by atoms with Crippen molar-refractivity contribution in [1.29, 1.82) is 0 Å². The number of carbonyl (C=O) groups is 1. The fourth-order valence-corrected chi connectivity index (χ4v) is 8.14. The lowest BCUT2D eigenvalue weighted by atomic mass is 10.1. The van der Waals surface area contributed by atoms with E-state index in [1.54, 1.807) is 47.2 Å². The molecule has 2 aliphatic heterocycles. The number of benzene rings is 3. The normalized spacial score (nSPS) is 20.5. The van der Waals surface area contributed by atoms with Gasteiger partial charge in [0.1, 0.15) is 15.8 Å². The summed E-state index contributed by atoms with van der Waals surface area (Å²) in [5.41, 5.74) is 3.28. The minimum absolute atomic E-state index is 0.155. The first kappa shape index (κ1) is 30.4. The Morgan fingerprint density at radius 1 is 1.02 bits per heavy atom. The highest BCUT2D eigenvalue weighted by Crippen LogP contribution is 2.36. The van der Waals surface area contributed by atoms with Gasteiger partial charge in [0, 0.05) is 30.4 Å². The number of thioether (sulfide) groups is 1. The fraction of sp³-hybridized carbons (Fsp3) is 0.219. The van der Waals surface area contributed by atoms with Crippen LogP contribution < -0.4 is 0 Å². The van der Waals surface area contributed by atoms with Gasteiger partial charge in [0.15, 0.2) is 0 Å². The first-order chi connectivity index (χ1) is 21.1. The van der Waals surface area contributed by atoms with E-state index in [1.165, 1.54) is 33.1 Å². The monoisotopic (exact) mass is 648 g/mol. The SMILES string of the molecule is CC1CN(S(=O)(=O)c2cccc(-c3nn(-c4ccccc4)cc3C=C3SC(=S)N(Cc4ccc(F)cc4)C3=O)c2)CC(C)O1. The van der Waals surface area contributed by atoms with E-state index in [9.17, 15) is 17.6 Å². The predicted molar refractivity (Wildman–Crippen MR) is 173 cm³/mol. The number of carbonyl (C=O) groups excluding carboxylic acids is 1.